The monoisotopic (exact) mass is 411 g/mol. The van der Waals surface area contributed by atoms with Crippen molar-refractivity contribution < 1.29 is 14.0 Å². The van der Waals surface area contributed by atoms with Crippen molar-refractivity contribution in [1.29, 1.82) is 0 Å². The van der Waals surface area contributed by atoms with E-state index in [0.29, 0.717) is 22.0 Å². The summed E-state index contributed by atoms with van der Waals surface area (Å²) >= 11 is 5.90. The summed E-state index contributed by atoms with van der Waals surface area (Å²) in [7, 11) is 0. The molecule has 0 unspecified atom stereocenters. The Bertz CT molecular complexity index is 956. The van der Waals surface area contributed by atoms with Crippen LogP contribution in [0.2, 0.25) is 5.02 Å². The number of furan rings is 1. The van der Waals surface area contributed by atoms with Gasteiger partial charge in [0.1, 0.15) is 5.76 Å². The highest BCUT2D eigenvalue weighted by Crippen LogP contribution is 2.17. The van der Waals surface area contributed by atoms with Crippen molar-refractivity contribution >= 4 is 29.1 Å². The van der Waals surface area contributed by atoms with E-state index in [1.165, 1.54) is 0 Å². The summed E-state index contributed by atoms with van der Waals surface area (Å²) in [5.41, 5.74) is 1.87. The number of hydrogen-bond acceptors (Lipinski definition) is 4. The summed E-state index contributed by atoms with van der Waals surface area (Å²) in [4.78, 5) is 24.9. The highest BCUT2D eigenvalue weighted by molar-refractivity contribution is 6.30. The molecule has 3 N–H and O–H groups in total. The molecule has 29 heavy (non-hydrogen) atoms. The van der Waals surface area contributed by atoms with Gasteiger partial charge in [0, 0.05) is 11.1 Å². The van der Waals surface area contributed by atoms with Gasteiger partial charge in [0.15, 0.2) is 0 Å². The molecule has 1 heterocycles. The first kappa shape index (κ1) is 20.6. The molecule has 0 radical (unpaired) electrons. The van der Waals surface area contributed by atoms with Crippen molar-refractivity contribution in [3.8, 4) is 0 Å². The molecule has 3 rings (SSSR count). The van der Waals surface area contributed by atoms with E-state index in [1.54, 1.807) is 42.7 Å². The molecule has 0 aliphatic carbocycles. The fourth-order valence-electron chi connectivity index (χ4n) is 2.78. The molecule has 0 bridgehead atoms. The lowest BCUT2D eigenvalue weighted by Crippen LogP contribution is -2.31. The van der Waals surface area contributed by atoms with Crippen molar-refractivity contribution in [2.24, 2.45) is 0 Å². The maximum Gasteiger partial charge on any atom is 0.253 e. The molecule has 1 aromatic heterocycles. The van der Waals surface area contributed by atoms with Crippen LogP contribution in [-0.2, 0) is 11.3 Å². The van der Waals surface area contributed by atoms with Crippen LogP contribution in [0.4, 0.5) is 5.69 Å². The van der Waals surface area contributed by atoms with Crippen LogP contribution >= 0.6 is 11.6 Å². The quantitative estimate of drug-likeness (QED) is 0.520. The summed E-state index contributed by atoms with van der Waals surface area (Å²) in [5.74, 6) is 0.122. The SMILES string of the molecule is C[C@@H](NCC(=O)Nc1ccccc1C(=O)NCc1ccco1)c1ccc(Cl)cc1. The number of carbonyl (C=O) groups is 2. The molecule has 0 aliphatic rings. The maximum atomic E-state index is 12.5. The van der Waals surface area contributed by atoms with Gasteiger partial charge in [-0.2, -0.15) is 0 Å². The van der Waals surface area contributed by atoms with Crippen LogP contribution in [0, 0.1) is 0 Å². The molecular weight excluding hydrogens is 390 g/mol. The lowest BCUT2D eigenvalue weighted by molar-refractivity contribution is -0.115. The van der Waals surface area contributed by atoms with Gasteiger partial charge in [-0.05, 0) is 48.9 Å². The van der Waals surface area contributed by atoms with E-state index in [0.717, 1.165) is 5.56 Å². The van der Waals surface area contributed by atoms with Crippen molar-refractivity contribution in [2.75, 3.05) is 11.9 Å². The number of amides is 2. The van der Waals surface area contributed by atoms with Gasteiger partial charge in [0.05, 0.1) is 30.6 Å². The van der Waals surface area contributed by atoms with Gasteiger partial charge < -0.3 is 20.4 Å². The molecule has 0 saturated carbocycles. The Morgan fingerprint density at radius 1 is 1.03 bits per heavy atom. The van der Waals surface area contributed by atoms with E-state index in [2.05, 4.69) is 16.0 Å². The summed E-state index contributed by atoms with van der Waals surface area (Å²) in [5, 5.41) is 9.40. The van der Waals surface area contributed by atoms with E-state index < -0.39 is 0 Å². The zero-order chi connectivity index (χ0) is 20.6. The smallest absolute Gasteiger partial charge is 0.253 e. The Balaban J connectivity index is 1.56. The van der Waals surface area contributed by atoms with Gasteiger partial charge >= 0.3 is 0 Å². The first-order chi connectivity index (χ1) is 14.0. The largest absolute Gasteiger partial charge is 0.467 e. The lowest BCUT2D eigenvalue weighted by atomic mass is 10.1. The second-order valence-corrected chi connectivity index (χ2v) is 6.95. The molecule has 0 aliphatic heterocycles. The molecular formula is C22H22ClN3O3. The van der Waals surface area contributed by atoms with Crippen LogP contribution in [0.1, 0.15) is 34.6 Å². The van der Waals surface area contributed by atoms with E-state index >= 15 is 0 Å². The standard InChI is InChI=1S/C22H22ClN3O3/c1-15(16-8-10-17(23)11-9-16)24-14-21(27)26-20-7-3-2-6-19(20)22(28)25-13-18-5-4-12-29-18/h2-12,15,24H,13-14H2,1H3,(H,25,28)(H,26,27)/t15-/m1/s1. The minimum Gasteiger partial charge on any atom is -0.467 e. The fourth-order valence-corrected chi connectivity index (χ4v) is 2.90. The van der Waals surface area contributed by atoms with Crippen molar-refractivity contribution in [1.82, 2.24) is 10.6 Å². The maximum absolute atomic E-state index is 12.5. The second-order valence-electron chi connectivity index (χ2n) is 6.51. The summed E-state index contributed by atoms with van der Waals surface area (Å²) in [6, 6.07) is 17.8. The van der Waals surface area contributed by atoms with Gasteiger partial charge in [-0.3, -0.25) is 9.59 Å². The topological polar surface area (TPSA) is 83.4 Å². The number of anilines is 1. The van der Waals surface area contributed by atoms with Crippen LogP contribution in [0.5, 0.6) is 0 Å². The van der Waals surface area contributed by atoms with Crippen LogP contribution in [0.3, 0.4) is 0 Å². The predicted octanol–water partition coefficient (Wildman–Crippen LogP) is 4.15. The van der Waals surface area contributed by atoms with Gasteiger partial charge in [-0.15, -0.1) is 0 Å². The van der Waals surface area contributed by atoms with Gasteiger partial charge in [-0.1, -0.05) is 35.9 Å². The minimum absolute atomic E-state index is 0.0233. The van der Waals surface area contributed by atoms with E-state index in [4.69, 9.17) is 16.0 Å². The molecule has 3 aromatic rings. The summed E-state index contributed by atoms with van der Waals surface area (Å²) in [6.07, 6.45) is 1.55. The zero-order valence-corrected chi connectivity index (χ0v) is 16.7. The van der Waals surface area contributed by atoms with E-state index in [1.807, 2.05) is 31.2 Å². The highest BCUT2D eigenvalue weighted by Gasteiger charge is 2.14. The van der Waals surface area contributed by atoms with Crippen LogP contribution in [0.25, 0.3) is 0 Å². The van der Waals surface area contributed by atoms with Crippen molar-refractivity contribution in [3.05, 3.63) is 88.8 Å². The molecule has 150 valence electrons. The van der Waals surface area contributed by atoms with E-state index in [9.17, 15) is 9.59 Å². The third-order valence-electron chi connectivity index (χ3n) is 4.39. The Morgan fingerprint density at radius 2 is 1.79 bits per heavy atom. The van der Waals surface area contributed by atoms with Crippen LogP contribution in [0.15, 0.2) is 71.3 Å². The molecule has 1 atom stereocenters. The molecule has 2 amide bonds. The first-order valence-corrected chi connectivity index (χ1v) is 9.59. The number of benzene rings is 2. The Kier molecular flexibility index (Phi) is 7.05. The number of carbonyl (C=O) groups excluding carboxylic acids is 2. The zero-order valence-electron chi connectivity index (χ0n) is 15.9. The average molecular weight is 412 g/mol. The lowest BCUT2D eigenvalue weighted by Gasteiger charge is -2.15. The Labute approximate surface area is 174 Å². The number of rotatable bonds is 8. The number of halogens is 1. The normalized spacial score (nSPS) is 11.7. The second kappa shape index (κ2) is 9.91. The Hall–Kier alpha value is -3.09. The third-order valence-corrected chi connectivity index (χ3v) is 4.64. The number of para-hydroxylation sites is 1. The van der Waals surface area contributed by atoms with Gasteiger partial charge in [0.2, 0.25) is 5.91 Å². The highest BCUT2D eigenvalue weighted by atomic mass is 35.5. The molecule has 0 spiro atoms. The fraction of sp³-hybridized carbons (Fsp3) is 0.182. The molecule has 0 fully saturated rings. The van der Waals surface area contributed by atoms with E-state index in [-0.39, 0.29) is 30.9 Å². The molecule has 2 aromatic carbocycles. The third kappa shape index (κ3) is 5.94. The molecule has 7 heteroatoms. The number of nitrogens with one attached hydrogen (secondary N) is 3. The predicted molar refractivity (Wildman–Crippen MR) is 113 cm³/mol. The molecule has 0 saturated heterocycles. The van der Waals surface area contributed by atoms with Crippen LogP contribution in [-0.4, -0.2) is 18.4 Å². The number of hydrogen-bond donors (Lipinski definition) is 3. The summed E-state index contributed by atoms with van der Waals surface area (Å²) < 4.78 is 5.21. The van der Waals surface area contributed by atoms with Crippen molar-refractivity contribution in [3.63, 3.8) is 0 Å². The first-order valence-electron chi connectivity index (χ1n) is 9.21. The minimum atomic E-state index is -0.292. The summed E-state index contributed by atoms with van der Waals surface area (Å²) in [6.45, 7) is 2.34. The average Bonchev–Trinajstić information content (AvgIpc) is 3.25. The van der Waals surface area contributed by atoms with Crippen LogP contribution < -0.4 is 16.0 Å². The Morgan fingerprint density at radius 3 is 2.52 bits per heavy atom. The van der Waals surface area contributed by atoms with Crippen molar-refractivity contribution in [2.45, 2.75) is 19.5 Å². The van der Waals surface area contributed by atoms with Gasteiger partial charge in [0.25, 0.3) is 5.91 Å². The van der Waals surface area contributed by atoms with Gasteiger partial charge in [-0.25, -0.2) is 0 Å². The molecule has 6 nitrogen and oxygen atoms in total.